The lowest BCUT2D eigenvalue weighted by Gasteiger charge is -2.16. The standard InChI is InChI=1S/C12H19NO2/c1-13(7-8-14-2)10-11-5-4-6-12(9-11)15-3/h4-6,9H,7-8,10H2,1-3H3. The second kappa shape index (κ2) is 6.43. The average Bonchev–Trinajstić information content (AvgIpc) is 2.26. The van der Waals surface area contributed by atoms with Gasteiger partial charge in [0.05, 0.1) is 13.7 Å². The lowest BCUT2D eigenvalue weighted by molar-refractivity contribution is 0.158. The average molecular weight is 209 g/mol. The fraction of sp³-hybridized carbons (Fsp3) is 0.500. The Bertz CT molecular complexity index is 289. The highest BCUT2D eigenvalue weighted by molar-refractivity contribution is 5.28. The first-order chi connectivity index (χ1) is 7.26. The molecule has 0 aliphatic heterocycles. The number of nitrogens with zero attached hydrogens (tertiary/aromatic N) is 1. The van der Waals surface area contributed by atoms with Gasteiger partial charge in [-0.3, -0.25) is 4.90 Å². The summed E-state index contributed by atoms with van der Waals surface area (Å²) in [5.41, 5.74) is 1.26. The van der Waals surface area contributed by atoms with Crippen molar-refractivity contribution in [2.45, 2.75) is 6.54 Å². The fourth-order valence-electron chi connectivity index (χ4n) is 1.41. The third-order valence-corrected chi connectivity index (χ3v) is 2.26. The van der Waals surface area contributed by atoms with Gasteiger partial charge in [-0.2, -0.15) is 0 Å². The molecule has 0 bridgehead atoms. The molecule has 0 saturated carbocycles. The Hall–Kier alpha value is -1.06. The van der Waals surface area contributed by atoms with Crippen LogP contribution >= 0.6 is 0 Å². The highest BCUT2D eigenvalue weighted by Gasteiger charge is 2.00. The third kappa shape index (κ3) is 4.32. The zero-order chi connectivity index (χ0) is 11.1. The number of benzene rings is 1. The second-order valence-corrected chi connectivity index (χ2v) is 3.58. The van der Waals surface area contributed by atoms with Crippen molar-refractivity contribution in [2.75, 3.05) is 34.4 Å². The van der Waals surface area contributed by atoms with Gasteiger partial charge in [0, 0.05) is 20.2 Å². The Morgan fingerprint density at radius 2 is 2.07 bits per heavy atom. The van der Waals surface area contributed by atoms with Gasteiger partial charge in [-0.1, -0.05) is 12.1 Å². The normalized spacial score (nSPS) is 10.7. The lowest BCUT2D eigenvalue weighted by Crippen LogP contribution is -2.22. The molecule has 0 aliphatic carbocycles. The molecule has 1 rings (SSSR count). The molecule has 0 radical (unpaired) electrons. The maximum atomic E-state index is 5.17. The Morgan fingerprint density at radius 1 is 1.27 bits per heavy atom. The van der Waals surface area contributed by atoms with Crippen LogP contribution < -0.4 is 4.74 Å². The number of hydrogen-bond donors (Lipinski definition) is 0. The summed E-state index contributed by atoms with van der Waals surface area (Å²) in [6.07, 6.45) is 0. The molecule has 0 heterocycles. The van der Waals surface area contributed by atoms with Crippen LogP contribution in [0.2, 0.25) is 0 Å². The minimum atomic E-state index is 0.764. The van der Waals surface area contributed by atoms with Gasteiger partial charge in [-0.25, -0.2) is 0 Å². The predicted octanol–water partition coefficient (Wildman–Crippen LogP) is 1.77. The molecule has 0 N–H and O–H groups in total. The van der Waals surface area contributed by atoms with Crippen molar-refractivity contribution in [1.29, 1.82) is 0 Å². The van der Waals surface area contributed by atoms with Crippen molar-refractivity contribution in [3.8, 4) is 5.75 Å². The molecule has 15 heavy (non-hydrogen) atoms. The number of rotatable bonds is 6. The Balaban J connectivity index is 2.48. The summed E-state index contributed by atoms with van der Waals surface area (Å²) >= 11 is 0. The first kappa shape index (κ1) is 12.0. The summed E-state index contributed by atoms with van der Waals surface area (Å²) in [5.74, 6) is 0.910. The van der Waals surface area contributed by atoms with E-state index in [4.69, 9.17) is 9.47 Å². The molecular weight excluding hydrogens is 190 g/mol. The van der Waals surface area contributed by atoms with E-state index in [-0.39, 0.29) is 0 Å². The van der Waals surface area contributed by atoms with E-state index in [1.807, 2.05) is 12.1 Å². The minimum Gasteiger partial charge on any atom is -0.497 e. The molecule has 1 aromatic rings. The van der Waals surface area contributed by atoms with Crippen molar-refractivity contribution < 1.29 is 9.47 Å². The lowest BCUT2D eigenvalue weighted by atomic mass is 10.2. The predicted molar refractivity (Wildman–Crippen MR) is 61.2 cm³/mol. The van der Waals surface area contributed by atoms with Gasteiger partial charge in [0.1, 0.15) is 5.75 Å². The van der Waals surface area contributed by atoms with Crippen LogP contribution in [0.5, 0.6) is 5.75 Å². The minimum absolute atomic E-state index is 0.764. The summed E-state index contributed by atoms with van der Waals surface area (Å²) < 4.78 is 10.2. The Morgan fingerprint density at radius 3 is 2.73 bits per heavy atom. The van der Waals surface area contributed by atoms with Crippen LogP contribution in [0.15, 0.2) is 24.3 Å². The molecule has 3 heteroatoms. The van der Waals surface area contributed by atoms with Crippen LogP contribution in [0.4, 0.5) is 0 Å². The van der Waals surface area contributed by atoms with E-state index in [2.05, 4.69) is 24.1 Å². The Labute approximate surface area is 91.6 Å². The van der Waals surface area contributed by atoms with Gasteiger partial charge in [0.2, 0.25) is 0 Å². The highest BCUT2D eigenvalue weighted by Crippen LogP contribution is 2.13. The summed E-state index contributed by atoms with van der Waals surface area (Å²) in [6.45, 7) is 2.62. The van der Waals surface area contributed by atoms with Crippen molar-refractivity contribution in [3.05, 3.63) is 29.8 Å². The molecule has 1 aromatic carbocycles. The van der Waals surface area contributed by atoms with Gasteiger partial charge in [0.15, 0.2) is 0 Å². The van der Waals surface area contributed by atoms with E-state index in [0.717, 1.165) is 25.4 Å². The monoisotopic (exact) mass is 209 g/mol. The number of likely N-dealkylation sites (N-methyl/N-ethyl adjacent to an activating group) is 1. The van der Waals surface area contributed by atoms with Crippen molar-refractivity contribution in [3.63, 3.8) is 0 Å². The molecule has 0 saturated heterocycles. The second-order valence-electron chi connectivity index (χ2n) is 3.58. The maximum Gasteiger partial charge on any atom is 0.119 e. The van der Waals surface area contributed by atoms with E-state index in [1.54, 1.807) is 14.2 Å². The van der Waals surface area contributed by atoms with Gasteiger partial charge in [0.25, 0.3) is 0 Å². The van der Waals surface area contributed by atoms with E-state index < -0.39 is 0 Å². The summed E-state index contributed by atoms with van der Waals surface area (Å²) in [5, 5.41) is 0. The number of hydrogen-bond acceptors (Lipinski definition) is 3. The largest absolute Gasteiger partial charge is 0.497 e. The maximum absolute atomic E-state index is 5.17. The number of methoxy groups -OCH3 is 2. The van der Waals surface area contributed by atoms with Crippen molar-refractivity contribution in [1.82, 2.24) is 4.90 Å². The van der Waals surface area contributed by atoms with E-state index in [0.29, 0.717) is 0 Å². The molecule has 0 aromatic heterocycles. The van der Waals surface area contributed by atoms with Crippen LogP contribution in [0.3, 0.4) is 0 Å². The van der Waals surface area contributed by atoms with Gasteiger partial charge < -0.3 is 9.47 Å². The van der Waals surface area contributed by atoms with E-state index >= 15 is 0 Å². The Kier molecular flexibility index (Phi) is 5.15. The fourth-order valence-corrected chi connectivity index (χ4v) is 1.41. The molecule has 0 unspecified atom stereocenters. The van der Waals surface area contributed by atoms with E-state index in [1.165, 1.54) is 5.56 Å². The zero-order valence-electron chi connectivity index (χ0n) is 9.69. The quantitative estimate of drug-likeness (QED) is 0.712. The zero-order valence-corrected chi connectivity index (χ0v) is 9.69. The molecule has 0 fully saturated rings. The van der Waals surface area contributed by atoms with Crippen LogP contribution in [0.1, 0.15) is 5.56 Å². The van der Waals surface area contributed by atoms with Gasteiger partial charge in [-0.15, -0.1) is 0 Å². The highest BCUT2D eigenvalue weighted by atomic mass is 16.5. The smallest absolute Gasteiger partial charge is 0.119 e. The summed E-state index contributed by atoms with van der Waals surface area (Å²) in [6, 6.07) is 8.13. The first-order valence-corrected chi connectivity index (χ1v) is 5.06. The van der Waals surface area contributed by atoms with Gasteiger partial charge >= 0.3 is 0 Å². The molecule has 3 nitrogen and oxygen atoms in total. The molecular formula is C12H19NO2. The van der Waals surface area contributed by atoms with Crippen molar-refractivity contribution >= 4 is 0 Å². The summed E-state index contributed by atoms with van der Waals surface area (Å²) in [4.78, 5) is 2.22. The molecule has 0 spiro atoms. The van der Waals surface area contributed by atoms with Crippen LogP contribution in [-0.4, -0.2) is 39.3 Å². The molecule has 0 amide bonds. The first-order valence-electron chi connectivity index (χ1n) is 5.06. The number of ether oxygens (including phenoxy) is 2. The molecule has 0 atom stereocenters. The van der Waals surface area contributed by atoms with Crippen molar-refractivity contribution in [2.24, 2.45) is 0 Å². The van der Waals surface area contributed by atoms with Crippen LogP contribution in [-0.2, 0) is 11.3 Å². The molecule has 84 valence electrons. The third-order valence-electron chi connectivity index (χ3n) is 2.26. The van der Waals surface area contributed by atoms with Gasteiger partial charge in [-0.05, 0) is 24.7 Å². The SMILES string of the molecule is COCCN(C)Cc1cccc(OC)c1. The summed E-state index contributed by atoms with van der Waals surface area (Å²) in [7, 11) is 5.49. The topological polar surface area (TPSA) is 21.7 Å². The van der Waals surface area contributed by atoms with Crippen LogP contribution in [0.25, 0.3) is 0 Å². The van der Waals surface area contributed by atoms with E-state index in [9.17, 15) is 0 Å². The molecule has 0 aliphatic rings. The van der Waals surface area contributed by atoms with Crippen LogP contribution in [0, 0.1) is 0 Å².